The molecule has 1 saturated carbocycles. The lowest BCUT2D eigenvalue weighted by atomic mass is 10.3. The Morgan fingerprint density at radius 3 is 2.88 bits per heavy atom. The summed E-state index contributed by atoms with van der Waals surface area (Å²) in [4.78, 5) is 0. The maximum Gasteiger partial charge on any atom is 0.233 e. The SMILES string of the molecule is C=C(C)CCOc1ccc(CNC2CC2)nn1. The second kappa shape index (κ2) is 5.77. The Balaban J connectivity index is 1.73. The fourth-order valence-electron chi connectivity index (χ4n) is 1.39. The number of ether oxygens (including phenoxy) is 1. The lowest BCUT2D eigenvalue weighted by Crippen LogP contribution is -2.16. The molecule has 1 aliphatic rings. The lowest BCUT2D eigenvalue weighted by Gasteiger charge is -2.05. The molecule has 1 heterocycles. The molecule has 0 amide bonds. The van der Waals surface area contributed by atoms with Gasteiger partial charge in [0.2, 0.25) is 5.88 Å². The van der Waals surface area contributed by atoms with Gasteiger partial charge in [0.15, 0.2) is 0 Å². The first kappa shape index (κ1) is 12.0. The van der Waals surface area contributed by atoms with Crippen LogP contribution in [0.5, 0.6) is 5.88 Å². The Labute approximate surface area is 102 Å². The van der Waals surface area contributed by atoms with Gasteiger partial charge in [-0.05, 0) is 25.8 Å². The van der Waals surface area contributed by atoms with E-state index in [-0.39, 0.29) is 0 Å². The molecule has 1 aromatic rings. The first-order valence-electron chi connectivity index (χ1n) is 6.07. The number of nitrogens with zero attached hydrogens (tertiary/aromatic N) is 2. The maximum atomic E-state index is 5.45. The highest BCUT2D eigenvalue weighted by Crippen LogP contribution is 2.19. The van der Waals surface area contributed by atoms with Crippen molar-refractivity contribution in [3.05, 3.63) is 30.0 Å². The van der Waals surface area contributed by atoms with Gasteiger partial charge in [-0.25, -0.2) is 0 Å². The number of hydrogen-bond donors (Lipinski definition) is 1. The second-order valence-corrected chi connectivity index (χ2v) is 4.57. The van der Waals surface area contributed by atoms with Gasteiger partial charge < -0.3 is 10.1 Å². The standard InChI is InChI=1S/C13H19N3O/c1-10(2)7-8-17-13-6-5-12(15-16-13)9-14-11-3-4-11/h5-6,11,14H,1,3-4,7-9H2,2H3. The minimum atomic E-state index is 0.585. The van der Waals surface area contributed by atoms with E-state index in [2.05, 4.69) is 22.1 Å². The molecule has 1 N–H and O–H groups in total. The largest absolute Gasteiger partial charge is 0.476 e. The van der Waals surface area contributed by atoms with Gasteiger partial charge in [0.25, 0.3) is 0 Å². The molecule has 4 nitrogen and oxygen atoms in total. The van der Waals surface area contributed by atoms with E-state index < -0.39 is 0 Å². The van der Waals surface area contributed by atoms with Gasteiger partial charge >= 0.3 is 0 Å². The normalized spacial score (nSPS) is 14.6. The van der Waals surface area contributed by atoms with Crippen LogP contribution in [0, 0.1) is 0 Å². The van der Waals surface area contributed by atoms with Crippen LogP contribution < -0.4 is 10.1 Å². The monoisotopic (exact) mass is 233 g/mol. The Hall–Kier alpha value is -1.42. The molecule has 1 fully saturated rings. The van der Waals surface area contributed by atoms with E-state index in [4.69, 9.17) is 4.74 Å². The first-order chi connectivity index (χ1) is 8.24. The van der Waals surface area contributed by atoms with Crippen molar-refractivity contribution in [2.45, 2.75) is 38.8 Å². The maximum absolute atomic E-state index is 5.45. The summed E-state index contributed by atoms with van der Waals surface area (Å²) in [5.74, 6) is 0.585. The van der Waals surface area contributed by atoms with Crippen LogP contribution in [0.2, 0.25) is 0 Å². The first-order valence-corrected chi connectivity index (χ1v) is 6.07. The molecule has 0 atom stereocenters. The van der Waals surface area contributed by atoms with Gasteiger partial charge in [0, 0.05) is 25.1 Å². The van der Waals surface area contributed by atoms with Crippen LogP contribution in [0.15, 0.2) is 24.3 Å². The molecular formula is C13H19N3O. The van der Waals surface area contributed by atoms with Gasteiger partial charge in [-0.2, -0.15) is 5.10 Å². The molecule has 4 heteroatoms. The van der Waals surface area contributed by atoms with Crippen molar-refractivity contribution in [2.24, 2.45) is 0 Å². The average molecular weight is 233 g/mol. The Kier molecular flexibility index (Phi) is 4.09. The van der Waals surface area contributed by atoms with Crippen LogP contribution in [0.25, 0.3) is 0 Å². The zero-order valence-corrected chi connectivity index (χ0v) is 10.3. The number of aromatic nitrogens is 2. The van der Waals surface area contributed by atoms with Crippen molar-refractivity contribution in [2.75, 3.05) is 6.61 Å². The van der Waals surface area contributed by atoms with Crippen LogP contribution >= 0.6 is 0 Å². The zero-order valence-electron chi connectivity index (χ0n) is 10.3. The summed E-state index contributed by atoms with van der Waals surface area (Å²) in [5.41, 5.74) is 2.08. The van der Waals surface area contributed by atoms with Crippen molar-refractivity contribution in [1.29, 1.82) is 0 Å². The van der Waals surface area contributed by atoms with E-state index in [1.807, 2.05) is 19.1 Å². The number of hydrogen-bond acceptors (Lipinski definition) is 4. The van der Waals surface area contributed by atoms with E-state index in [1.165, 1.54) is 12.8 Å². The molecule has 17 heavy (non-hydrogen) atoms. The third-order valence-electron chi connectivity index (χ3n) is 2.62. The van der Waals surface area contributed by atoms with Crippen molar-refractivity contribution >= 4 is 0 Å². The predicted molar refractivity (Wildman–Crippen MR) is 66.8 cm³/mol. The summed E-state index contributed by atoms with van der Waals surface area (Å²) in [7, 11) is 0. The summed E-state index contributed by atoms with van der Waals surface area (Å²) in [6, 6.07) is 4.52. The molecule has 1 aliphatic carbocycles. The Bertz CT molecular complexity index is 371. The highest BCUT2D eigenvalue weighted by atomic mass is 16.5. The molecular weight excluding hydrogens is 214 g/mol. The van der Waals surface area contributed by atoms with Gasteiger partial charge in [0.1, 0.15) is 0 Å². The van der Waals surface area contributed by atoms with Crippen molar-refractivity contribution in [3.63, 3.8) is 0 Å². The molecule has 0 saturated heterocycles. The summed E-state index contributed by atoms with van der Waals surface area (Å²) in [6.45, 7) is 7.22. The van der Waals surface area contributed by atoms with E-state index in [1.54, 1.807) is 0 Å². The summed E-state index contributed by atoms with van der Waals surface area (Å²) >= 11 is 0. The average Bonchev–Trinajstić information content (AvgIpc) is 3.11. The molecule has 0 spiro atoms. The number of rotatable bonds is 7. The fourth-order valence-corrected chi connectivity index (χ4v) is 1.39. The molecule has 0 aliphatic heterocycles. The second-order valence-electron chi connectivity index (χ2n) is 4.57. The summed E-state index contributed by atoms with van der Waals surface area (Å²) < 4.78 is 5.45. The zero-order chi connectivity index (χ0) is 12.1. The summed E-state index contributed by atoms with van der Waals surface area (Å²) in [6.07, 6.45) is 3.43. The molecule has 2 rings (SSSR count). The van der Waals surface area contributed by atoms with Crippen LogP contribution in [0.4, 0.5) is 0 Å². The third-order valence-corrected chi connectivity index (χ3v) is 2.62. The minimum absolute atomic E-state index is 0.585. The van der Waals surface area contributed by atoms with Crippen molar-refractivity contribution in [1.82, 2.24) is 15.5 Å². The van der Waals surface area contributed by atoms with Crippen LogP contribution in [0.1, 0.15) is 31.9 Å². The predicted octanol–water partition coefficient (Wildman–Crippen LogP) is 2.07. The van der Waals surface area contributed by atoms with E-state index in [9.17, 15) is 0 Å². The van der Waals surface area contributed by atoms with Gasteiger partial charge in [0.05, 0.1) is 12.3 Å². The van der Waals surface area contributed by atoms with Crippen LogP contribution in [-0.2, 0) is 6.54 Å². The van der Waals surface area contributed by atoms with Crippen molar-refractivity contribution in [3.8, 4) is 5.88 Å². The smallest absolute Gasteiger partial charge is 0.233 e. The molecule has 0 aromatic carbocycles. The van der Waals surface area contributed by atoms with E-state index in [0.717, 1.165) is 24.2 Å². The molecule has 92 valence electrons. The van der Waals surface area contributed by atoms with Gasteiger partial charge in [-0.15, -0.1) is 11.7 Å². The molecule has 0 radical (unpaired) electrons. The summed E-state index contributed by atoms with van der Waals surface area (Å²) in [5, 5.41) is 11.5. The topological polar surface area (TPSA) is 47.0 Å². The van der Waals surface area contributed by atoms with Crippen molar-refractivity contribution < 1.29 is 4.74 Å². The molecule has 0 bridgehead atoms. The van der Waals surface area contributed by atoms with Gasteiger partial charge in [-0.1, -0.05) is 5.57 Å². The Morgan fingerprint density at radius 2 is 2.29 bits per heavy atom. The van der Waals surface area contributed by atoms with E-state index >= 15 is 0 Å². The highest BCUT2D eigenvalue weighted by molar-refractivity contribution is 5.11. The fraction of sp³-hybridized carbons (Fsp3) is 0.538. The Morgan fingerprint density at radius 1 is 1.47 bits per heavy atom. The third kappa shape index (κ3) is 4.53. The van der Waals surface area contributed by atoms with E-state index in [0.29, 0.717) is 18.5 Å². The molecule has 0 unspecified atom stereocenters. The number of nitrogens with one attached hydrogen (secondary N) is 1. The van der Waals surface area contributed by atoms with Gasteiger partial charge in [-0.3, -0.25) is 0 Å². The highest BCUT2D eigenvalue weighted by Gasteiger charge is 2.20. The van der Waals surface area contributed by atoms with Crippen LogP contribution in [-0.4, -0.2) is 22.8 Å². The quantitative estimate of drug-likeness (QED) is 0.732. The lowest BCUT2D eigenvalue weighted by molar-refractivity contribution is 0.305. The molecule has 1 aromatic heterocycles. The minimum Gasteiger partial charge on any atom is -0.476 e. The van der Waals surface area contributed by atoms with Crippen LogP contribution in [0.3, 0.4) is 0 Å².